The summed E-state index contributed by atoms with van der Waals surface area (Å²) in [7, 11) is 0. The van der Waals surface area contributed by atoms with E-state index in [4.69, 9.17) is 0 Å². The Bertz CT molecular complexity index is 816. The first-order chi connectivity index (χ1) is 15.1. The van der Waals surface area contributed by atoms with Crippen LogP contribution in [0.15, 0.2) is 34.1 Å². The van der Waals surface area contributed by atoms with Crippen LogP contribution in [0.1, 0.15) is 76.1 Å². The van der Waals surface area contributed by atoms with Crippen molar-refractivity contribution in [2.24, 2.45) is 0 Å². The van der Waals surface area contributed by atoms with Crippen molar-refractivity contribution < 1.29 is 4.79 Å². The summed E-state index contributed by atoms with van der Waals surface area (Å²) < 4.78 is 1.01. The zero-order chi connectivity index (χ0) is 22.5. The molecule has 0 amide bonds. The Hall–Kier alpha value is -1.55. The topological polar surface area (TPSA) is 57.0 Å². The Kier molecular flexibility index (Phi) is 12.0. The van der Waals surface area contributed by atoms with Crippen molar-refractivity contribution in [3.8, 4) is 17.3 Å². The SMILES string of the molecule is CCCCCCN(CCCCCC)CC(=O)[C@@H](C#N)c1nc(-c2ccc(Br)cc2)cs1. The Balaban J connectivity index is 2.02. The molecule has 0 saturated carbocycles. The molecule has 0 aliphatic carbocycles. The third-order valence-corrected chi connectivity index (χ3v) is 6.83. The van der Waals surface area contributed by atoms with Crippen LogP contribution in [0.3, 0.4) is 0 Å². The van der Waals surface area contributed by atoms with Crippen LogP contribution in [-0.2, 0) is 4.79 Å². The first kappa shape index (κ1) is 25.7. The standard InChI is InChI=1S/C25H34BrN3OS/c1-3-5-7-9-15-29(16-10-8-6-4-2)18-24(30)22(17-27)25-28-23(19-31-25)20-11-13-21(26)14-12-20/h11-14,19,22H,3-10,15-16,18H2,1-2H3/t22-/m1/s1. The Morgan fingerprint density at radius 1 is 1.06 bits per heavy atom. The third kappa shape index (κ3) is 8.84. The van der Waals surface area contributed by atoms with Gasteiger partial charge in [0, 0.05) is 15.4 Å². The number of thiazole rings is 1. The molecule has 0 saturated heterocycles. The van der Waals surface area contributed by atoms with Gasteiger partial charge in [0.2, 0.25) is 0 Å². The van der Waals surface area contributed by atoms with Gasteiger partial charge in [0.05, 0.1) is 18.3 Å². The molecule has 31 heavy (non-hydrogen) atoms. The fourth-order valence-corrected chi connectivity index (χ4v) is 4.70. The second-order valence-electron chi connectivity index (χ2n) is 8.00. The van der Waals surface area contributed by atoms with E-state index in [1.807, 2.05) is 29.6 Å². The number of aromatic nitrogens is 1. The number of hydrogen-bond acceptors (Lipinski definition) is 5. The van der Waals surface area contributed by atoms with Crippen molar-refractivity contribution in [3.05, 3.63) is 39.1 Å². The molecular weight excluding hydrogens is 470 g/mol. The lowest BCUT2D eigenvalue weighted by atomic mass is 10.1. The van der Waals surface area contributed by atoms with Gasteiger partial charge in [-0.3, -0.25) is 9.69 Å². The predicted octanol–water partition coefficient (Wildman–Crippen LogP) is 7.21. The molecule has 0 radical (unpaired) electrons. The number of ketones is 1. The number of carbonyl (C=O) groups is 1. The lowest BCUT2D eigenvalue weighted by Crippen LogP contribution is -2.34. The van der Waals surface area contributed by atoms with Gasteiger partial charge >= 0.3 is 0 Å². The lowest BCUT2D eigenvalue weighted by molar-refractivity contribution is -0.120. The molecule has 1 aromatic heterocycles. The summed E-state index contributed by atoms with van der Waals surface area (Å²) in [6.45, 7) is 6.61. The van der Waals surface area contributed by atoms with Gasteiger partial charge in [0.1, 0.15) is 5.01 Å². The maximum Gasteiger partial charge on any atom is 0.170 e. The molecular formula is C25H34BrN3OS. The Labute approximate surface area is 199 Å². The summed E-state index contributed by atoms with van der Waals surface area (Å²) in [6, 6.07) is 10.1. The first-order valence-electron chi connectivity index (χ1n) is 11.4. The second kappa shape index (κ2) is 14.5. The van der Waals surface area contributed by atoms with Crippen LogP contribution in [0.5, 0.6) is 0 Å². The van der Waals surface area contributed by atoms with Crippen LogP contribution in [0.2, 0.25) is 0 Å². The van der Waals surface area contributed by atoms with E-state index in [1.54, 1.807) is 0 Å². The number of Topliss-reactive ketones (excluding diaryl/α,β-unsaturated/α-hetero) is 1. The monoisotopic (exact) mass is 503 g/mol. The molecule has 0 fully saturated rings. The highest BCUT2D eigenvalue weighted by Crippen LogP contribution is 2.28. The van der Waals surface area contributed by atoms with Gasteiger partial charge in [0.25, 0.3) is 0 Å². The van der Waals surface area contributed by atoms with Gasteiger partial charge in [-0.1, -0.05) is 80.4 Å². The van der Waals surface area contributed by atoms with E-state index < -0.39 is 5.92 Å². The normalized spacial score (nSPS) is 12.1. The number of unbranched alkanes of at least 4 members (excludes halogenated alkanes) is 6. The smallest absolute Gasteiger partial charge is 0.170 e. The van der Waals surface area contributed by atoms with Crippen molar-refractivity contribution in [2.45, 2.75) is 71.1 Å². The van der Waals surface area contributed by atoms with Crippen LogP contribution in [-0.4, -0.2) is 35.3 Å². The number of carbonyl (C=O) groups excluding carboxylic acids is 1. The summed E-state index contributed by atoms with van der Waals surface area (Å²) in [5.74, 6) is -0.826. The fraction of sp³-hybridized carbons (Fsp3) is 0.560. The molecule has 2 aromatic rings. The van der Waals surface area contributed by atoms with E-state index in [0.29, 0.717) is 11.6 Å². The largest absolute Gasteiger partial charge is 0.296 e. The highest BCUT2D eigenvalue weighted by Gasteiger charge is 2.25. The number of benzene rings is 1. The van der Waals surface area contributed by atoms with Crippen LogP contribution < -0.4 is 0 Å². The molecule has 0 N–H and O–H groups in total. The zero-order valence-electron chi connectivity index (χ0n) is 18.8. The molecule has 0 aliphatic heterocycles. The maximum atomic E-state index is 13.0. The minimum atomic E-state index is -0.789. The minimum absolute atomic E-state index is 0.0369. The molecule has 4 nitrogen and oxygen atoms in total. The van der Waals surface area contributed by atoms with E-state index in [-0.39, 0.29) is 5.78 Å². The number of halogens is 1. The Morgan fingerprint density at radius 2 is 1.68 bits per heavy atom. The van der Waals surface area contributed by atoms with E-state index in [2.05, 4.69) is 45.7 Å². The van der Waals surface area contributed by atoms with Crippen molar-refractivity contribution in [1.82, 2.24) is 9.88 Å². The van der Waals surface area contributed by atoms with Gasteiger partial charge in [-0.25, -0.2) is 4.98 Å². The minimum Gasteiger partial charge on any atom is -0.296 e. The number of hydrogen-bond donors (Lipinski definition) is 0. The van der Waals surface area contributed by atoms with Crippen LogP contribution in [0, 0.1) is 11.3 Å². The van der Waals surface area contributed by atoms with Gasteiger partial charge in [-0.2, -0.15) is 5.26 Å². The number of rotatable bonds is 15. The summed E-state index contributed by atoms with van der Waals surface area (Å²) in [4.78, 5) is 19.9. The van der Waals surface area contributed by atoms with E-state index >= 15 is 0 Å². The van der Waals surface area contributed by atoms with Crippen molar-refractivity contribution in [3.63, 3.8) is 0 Å². The summed E-state index contributed by atoms with van der Waals surface area (Å²) in [6.07, 6.45) is 9.48. The molecule has 0 bridgehead atoms. The number of nitriles is 1. The van der Waals surface area contributed by atoms with Crippen molar-refractivity contribution in [2.75, 3.05) is 19.6 Å². The Morgan fingerprint density at radius 3 is 2.23 bits per heavy atom. The third-order valence-electron chi connectivity index (χ3n) is 5.40. The van der Waals surface area contributed by atoms with Crippen LogP contribution in [0.4, 0.5) is 0 Å². The van der Waals surface area contributed by atoms with E-state index in [9.17, 15) is 10.1 Å². The summed E-state index contributed by atoms with van der Waals surface area (Å²) >= 11 is 4.84. The highest BCUT2D eigenvalue weighted by molar-refractivity contribution is 9.10. The van der Waals surface area contributed by atoms with Crippen molar-refractivity contribution in [1.29, 1.82) is 5.26 Å². The maximum absolute atomic E-state index is 13.0. The van der Waals surface area contributed by atoms with Crippen LogP contribution in [0.25, 0.3) is 11.3 Å². The molecule has 0 aliphatic rings. The van der Waals surface area contributed by atoms with Crippen LogP contribution >= 0.6 is 27.3 Å². The lowest BCUT2D eigenvalue weighted by Gasteiger charge is -2.22. The predicted molar refractivity (Wildman–Crippen MR) is 133 cm³/mol. The summed E-state index contributed by atoms with van der Waals surface area (Å²) in [5.41, 5.74) is 1.81. The van der Waals surface area contributed by atoms with Gasteiger partial charge in [-0.05, 0) is 38.1 Å². The summed E-state index contributed by atoms with van der Waals surface area (Å²) in [5, 5.41) is 12.3. The molecule has 0 unspecified atom stereocenters. The number of nitrogens with zero attached hydrogens (tertiary/aromatic N) is 3. The first-order valence-corrected chi connectivity index (χ1v) is 13.1. The molecule has 2 rings (SSSR count). The zero-order valence-corrected chi connectivity index (χ0v) is 21.2. The second-order valence-corrected chi connectivity index (χ2v) is 9.81. The van der Waals surface area contributed by atoms with E-state index in [1.165, 1.54) is 49.9 Å². The average molecular weight is 505 g/mol. The quantitative estimate of drug-likeness (QED) is 0.241. The molecule has 168 valence electrons. The average Bonchev–Trinajstić information content (AvgIpc) is 3.24. The molecule has 0 spiro atoms. The van der Waals surface area contributed by atoms with Gasteiger partial charge < -0.3 is 0 Å². The molecule has 1 aromatic carbocycles. The van der Waals surface area contributed by atoms with Gasteiger partial charge in [0.15, 0.2) is 11.7 Å². The molecule has 1 heterocycles. The highest BCUT2D eigenvalue weighted by atomic mass is 79.9. The van der Waals surface area contributed by atoms with Crippen molar-refractivity contribution >= 4 is 33.0 Å². The molecule has 6 heteroatoms. The van der Waals surface area contributed by atoms with Gasteiger partial charge in [-0.15, -0.1) is 11.3 Å². The van der Waals surface area contributed by atoms with E-state index in [0.717, 1.165) is 41.7 Å². The fourth-order valence-electron chi connectivity index (χ4n) is 3.54. The molecule has 1 atom stereocenters.